The quantitative estimate of drug-likeness (QED) is 0.866. The second-order valence-electron chi connectivity index (χ2n) is 6.14. The van der Waals surface area contributed by atoms with Crippen LogP contribution in [0.25, 0.3) is 0 Å². The molecule has 0 bridgehead atoms. The van der Waals surface area contributed by atoms with E-state index >= 15 is 0 Å². The highest BCUT2D eigenvalue weighted by Gasteiger charge is 2.27. The average molecular weight is 312 g/mol. The van der Waals surface area contributed by atoms with Crippen LogP contribution in [0.5, 0.6) is 0 Å². The Bertz CT molecular complexity index is 684. The van der Waals surface area contributed by atoms with Crippen LogP contribution >= 0.6 is 0 Å². The van der Waals surface area contributed by atoms with Crippen molar-refractivity contribution in [3.05, 3.63) is 65.2 Å². The summed E-state index contributed by atoms with van der Waals surface area (Å²) in [6, 6.07) is 10.5. The number of halogens is 1. The Kier molecular flexibility index (Phi) is 4.70. The van der Waals surface area contributed by atoms with Gasteiger partial charge >= 0.3 is 0 Å². The second-order valence-corrected chi connectivity index (χ2v) is 6.14. The number of pyridine rings is 1. The maximum absolute atomic E-state index is 13.0. The zero-order valence-electron chi connectivity index (χ0n) is 13.3. The van der Waals surface area contributed by atoms with E-state index in [9.17, 15) is 9.18 Å². The SMILES string of the molecule is CCc1ccnc(C(=O)N2CCC(Cc3ccc(F)cc3)C2)c1. The summed E-state index contributed by atoms with van der Waals surface area (Å²) in [6.45, 7) is 3.58. The summed E-state index contributed by atoms with van der Waals surface area (Å²) in [5.74, 6) is 0.236. The van der Waals surface area contributed by atoms with Crippen molar-refractivity contribution in [3.63, 3.8) is 0 Å². The molecule has 1 aromatic carbocycles. The first-order chi connectivity index (χ1) is 11.2. The fourth-order valence-electron chi connectivity index (χ4n) is 3.11. The highest BCUT2D eigenvalue weighted by atomic mass is 19.1. The van der Waals surface area contributed by atoms with Crippen molar-refractivity contribution < 1.29 is 9.18 Å². The number of aryl methyl sites for hydroxylation is 1. The van der Waals surface area contributed by atoms with Gasteiger partial charge in [0.15, 0.2) is 0 Å². The van der Waals surface area contributed by atoms with E-state index < -0.39 is 0 Å². The standard InChI is InChI=1S/C19H21FN2O/c1-2-14-7-9-21-18(12-14)19(23)22-10-8-16(13-22)11-15-3-5-17(20)6-4-15/h3-7,9,12,16H,2,8,10-11,13H2,1H3. The topological polar surface area (TPSA) is 33.2 Å². The van der Waals surface area contributed by atoms with E-state index in [1.807, 2.05) is 29.2 Å². The van der Waals surface area contributed by atoms with E-state index in [2.05, 4.69) is 11.9 Å². The van der Waals surface area contributed by atoms with Gasteiger partial charge in [0.05, 0.1) is 0 Å². The minimum absolute atomic E-state index is 0.0157. The Hall–Kier alpha value is -2.23. The zero-order chi connectivity index (χ0) is 16.2. The number of hydrogen-bond donors (Lipinski definition) is 0. The molecule has 1 aliphatic rings. The normalized spacial score (nSPS) is 17.5. The van der Waals surface area contributed by atoms with E-state index in [0.717, 1.165) is 43.5 Å². The lowest BCUT2D eigenvalue weighted by molar-refractivity contribution is 0.0781. The molecule has 0 spiro atoms. The number of likely N-dealkylation sites (tertiary alicyclic amines) is 1. The number of hydrogen-bond acceptors (Lipinski definition) is 2. The van der Waals surface area contributed by atoms with Crippen molar-refractivity contribution >= 4 is 5.91 Å². The van der Waals surface area contributed by atoms with Gasteiger partial charge in [0, 0.05) is 19.3 Å². The van der Waals surface area contributed by atoms with E-state index in [4.69, 9.17) is 0 Å². The number of nitrogens with zero attached hydrogens (tertiary/aromatic N) is 2. The summed E-state index contributed by atoms with van der Waals surface area (Å²) in [6.07, 6.45) is 4.47. The third kappa shape index (κ3) is 3.76. The molecular weight excluding hydrogens is 291 g/mol. The number of carbonyl (C=O) groups excluding carboxylic acids is 1. The Labute approximate surface area is 136 Å². The molecule has 0 N–H and O–H groups in total. The van der Waals surface area contributed by atoms with Crippen LogP contribution in [-0.2, 0) is 12.8 Å². The average Bonchev–Trinajstić information content (AvgIpc) is 3.05. The van der Waals surface area contributed by atoms with Gasteiger partial charge in [0.25, 0.3) is 5.91 Å². The number of benzene rings is 1. The van der Waals surface area contributed by atoms with Crippen LogP contribution in [0.4, 0.5) is 4.39 Å². The highest BCUT2D eigenvalue weighted by molar-refractivity contribution is 5.92. The molecular formula is C19H21FN2O. The molecule has 3 rings (SSSR count). The Morgan fingerprint density at radius 2 is 2.04 bits per heavy atom. The van der Waals surface area contributed by atoms with Crippen LogP contribution in [0, 0.1) is 11.7 Å². The third-order valence-corrected chi connectivity index (χ3v) is 4.46. The molecule has 0 saturated carbocycles. The molecule has 23 heavy (non-hydrogen) atoms. The number of rotatable bonds is 4. The molecule has 1 amide bonds. The first-order valence-electron chi connectivity index (χ1n) is 8.14. The predicted octanol–water partition coefficient (Wildman–Crippen LogP) is 3.49. The third-order valence-electron chi connectivity index (χ3n) is 4.46. The molecule has 1 fully saturated rings. The molecule has 1 saturated heterocycles. The summed E-state index contributed by atoms with van der Waals surface area (Å²) in [7, 11) is 0. The Balaban J connectivity index is 1.62. The van der Waals surface area contributed by atoms with Crippen molar-refractivity contribution in [1.82, 2.24) is 9.88 Å². The van der Waals surface area contributed by atoms with Crippen molar-refractivity contribution in [2.24, 2.45) is 5.92 Å². The van der Waals surface area contributed by atoms with Gasteiger partial charge in [0.2, 0.25) is 0 Å². The Morgan fingerprint density at radius 1 is 1.26 bits per heavy atom. The van der Waals surface area contributed by atoms with Crippen LogP contribution in [0.2, 0.25) is 0 Å². The lowest BCUT2D eigenvalue weighted by Crippen LogP contribution is -2.29. The highest BCUT2D eigenvalue weighted by Crippen LogP contribution is 2.22. The molecule has 1 unspecified atom stereocenters. The first-order valence-corrected chi connectivity index (χ1v) is 8.14. The molecule has 1 atom stereocenters. The fourth-order valence-corrected chi connectivity index (χ4v) is 3.11. The maximum Gasteiger partial charge on any atom is 0.272 e. The molecule has 0 aliphatic carbocycles. The smallest absolute Gasteiger partial charge is 0.272 e. The monoisotopic (exact) mass is 312 g/mol. The number of carbonyl (C=O) groups is 1. The molecule has 120 valence electrons. The molecule has 1 aromatic heterocycles. The van der Waals surface area contributed by atoms with Crippen molar-refractivity contribution in [1.29, 1.82) is 0 Å². The molecule has 4 heteroatoms. The fraction of sp³-hybridized carbons (Fsp3) is 0.368. The summed E-state index contributed by atoms with van der Waals surface area (Å²) in [5.41, 5.74) is 2.79. The molecule has 0 radical (unpaired) electrons. The first kappa shape index (κ1) is 15.7. The second kappa shape index (κ2) is 6.90. The summed E-state index contributed by atoms with van der Waals surface area (Å²) in [4.78, 5) is 18.7. The number of amides is 1. The maximum atomic E-state index is 13.0. The van der Waals surface area contributed by atoms with Crippen LogP contribution in [0.1, 0.15) is 35.0 Å². The molecule has 2 aromatic rings. The van der Waals surface area contributed by atoms with Crippen LogP contribution < -0.4 is 0 Å². The van der Waals surface area contributed by atoms with E-state index in [0.29, 0.717) is 11.6 Å². The lowest BCUT2D eigenvalue weighted by atomic mass is 9.99. The van der Waals surface area contributed by atoms with Crippen LogP contribution in [-0.4, -0.2) is 28.9 Å². The molecule has 3 nitrogen and oxygen atoms in total. The summed E-state index contributed by atoms with van der Waals surface area (Å²) in [5, 5.41) is 0. The van der Waals surface area contributed by atoms with Crippen LogP contribution in [0.15, 0.2) is 42.6 Å². The van der Waals surface area contributed by atoms with Gasteiger partial charge in [-0.25, -0.2) is 4.39 Å². The van der Waals surface area contributed by atoms with Gasteiger partial charge in [0.1, 0.15) is 11.5 Å². The van der Waals surface area contributed by atoms with E-state index in [1.165, 1.54) is 12.1 Å². The van der Waals surface area contributed by atoms with Gasteiger partial charge < -0.3 is 4.90 Å². The van der Waals surface area contributed by atoms with Gasteiger partial charge in [-0.05, 0) is 60.6 Å². The van der Waals surface area contributed by atoms with Crippen LogP contribution in [0.3, 0.4) is 0 Å². The molecule has 1 aliphatic heterocycles. The van der Waals surface area contributed by atoms with Gasteiger partial charge in [-0.1, -0.05) is 19.1 Å². The van der Waals surface area contributed by atoms with Crippen molar-refractivity contribution in [2.75, 3.05) is 13.1 Å². The zero-order valence-corrected chi connectivity index (χ0v) is 13.3. The van der Waals surface area contributed by atoms with E-state index in [-0.39, 0.29) is 11.7 Å². The minimum atomic E-state index is -0.209. The van der Waals surface area contributed by atoms with Gasteiger partial charge in [-0.3, -0.25) is 9.78 Å². The lowest BCUT2D eigenvalue weighted by Gasteiger charge is -2.16. The van der Waals surface area contributed by atoms with Crippen molar-refractivity contribution in [3.8, 4) is 0 Å². The van der Waals surface area contributed by atoms with Gasteiger partial charge in [-0.15, -0.1) is 0 Å². The molecule has 2 heterocycles. The largest absolute Gasteiger partial charge is 0.337 e. The van der Waals surface area contributed by atoms with Gasteiger partial charge in [-0.2, -0.15) is 0 Å². The predicted molar refractivity (Wildman–Crippen MR) is 87.7 cm³/mol. The van der Waals surface area contributed by atoms with Crippen molar-refractivity contribution in [2.45, 2.75) is 26.2 Å². The summed E-state index contributed by atoms with van der Waals surface area (Å²) >= 11 is 0. The summed E-state index contributed by atoms with van der Waals surface area (Å²) < 4.78 is 13.0. The van der Waals surface area contributed by atoms with E-state index in [1.54, 1.807) is 6.20 Å². The minimum Gasteiger partial charge on any atom is -0.337 e. The number of aromatic nitrogens is 1. The Morgan fingerprint density at radius 3 is 2.78 bits per heavy atom.